The van der Waals surface area contributed by atoms with Crippen molar-refractivity contribution in [2.45, 2.75) is 26.2 Å². The van der Waals surface area contributed by atoms with E-state index in [1.165, 1.54) is 0 Å². The summed E-state index contributed by atoms with van der Waals surface area (Å²) in [6, 6.07) is 5.10. The van der Waals surface area contributed by atoms with E-state index in [0.717, 1.165) is 0 Å². The van der Waals surface area contributed by atoms with E-state index in [0.29, 0.717) is 5.56 Å². The maximum Gasteiger partial charge on any atom is 0.145 e. The van der Waals surface area contributed by atoms with Crippen LogP contribution in [0.5, 0.6) is 0 Å². The molecule has 12 heavy (non-hydrogen) atoms. The Morgan fingerprint density at radius 3 is 2.25 bits per heavy atom. The van der Waals surface area contributed by atoms with Gasteiger partial charge in [-0.3, -0.25) is 0 Å². The van der Waals surface area contributed by atoms with Crippen LogP contribution in [0.1, 0.15) is 26.3 Å². The zero-order valence-corrected chi connectivity index (χ0v) is 8.24. The molecule has 0 amide bonds. The minimum absolute atomic E-state index is 0.186. The first-order chi connectivity index (χ1) is 5.43. The van der Waals surface area contributed by atoms with Crippen LogP contribution in [0.25, 0.3) is 0 Å². The third kappa shape index (κ3) is 1.78. The molecule has 0 atom stereocenters. The molecule has 0 aliphatic carbocycles. The topological polar surface area (TPSA) is 0 Å². The number of benzene rings is 1. The zero-order valence-electron chi connectivity index (χ0n) is 7.49. The maximum atomic E-state index is 13.4. The molecule has 0 aliphatic heterocycles. The fourth-order valence-electron chi connectivity index (χ4n) is 1.08. The van der Waals surface area contributed by atoms with Crippen molar-refractivity contribution in [1.29, 1.82) is 0 Å². The van der Waals surface area contributed by atoms with Crippen LogP contribution in [-0.2, 0) is 5.41 Å². The van der Waals surface area contributed by atoms with E-state index in [-0.39, 0.29) is 16.3 Å². The Morgan fingerprint density at radius 2 is 1.83 bits per heavy atom. The molecule has 0 spiro atoms. The van der Waals surface area contributed by atoms with Crippen LogP contribution in [0.3, 0.4) is 0 Å². The molecule has 0 radical (unpaired) electrons. The Kier molecular flexibility index (Phi) is 2.43. The summed E-state index contributed by atoms with van der Waals surface area (Å²) in [7, 11) is 0. The molecule has 0 saturated heterocycles. The molecule has 0 saturated carbocycles. The molecular weight excluding hydrogens is 175 g/mol. The lowest BCUT2D eigenvalue weighted by Crippen LogP contribution is -2.13. The predicted molar refractivity (Wildman–Crippen MR) is 50.1 cm³/mol. The van der Waals surface area contributed by atoms with Gasteiger partial charge in [-0.05, 0) is 17.0 Å². The second-order valence-electron chi connectivity index (χ2n) is 3.85. The van der Waals surface area contributed by atoms with Crippen LogP contribution in [0, 0.1) is 5.82 Å². The van der Waals surface area contributed by atoms with Gasteiger partial charge in [-0.2, -0.15) is 0 Å². The fraction of sp³-hybridized carbons (Fsp3) is 0.400. The van der Waals surface area contributed by atoms with Crippen LogP contribution in [0.4, 0.5) is 4.39 Å². The summed E-state index contributed by atoms with van der Waals surface area (Å²) in [5.74, 6) is -0.299. The molecular formula is C10H12ClF. The summed E-state index contributed by atoms with van der Waals surface area (Å²) in [5, 5.41) is 0.197. The molecule has 0 fully saturated rings. The second-order valence-corrected chi connectivity index (χ2v) is 4.26. The molecule has 0 aromatic heterocycles. The van der Waals surface area contributed by atoms with E-state index >= 15 is 0 Å². The number of halogens is 2. The van der Waals surface area contributed by atoms with E-state index in [9.17, 15) is 4.39 Å². The standard InChI is InChI=1S/C10H12ClF/c1-10(2,3)7-5-4-6-8(11)9(7)12/h4-6H,1-3H3. The largest absolute Gasteiger partial charge is 0.205 e. The van der Waals surface area contributed by atoms with Crippen molar-refractivity contribution in [3.8, 4) is 0 Å². The predicted octanol–water partition coefficient (Wildman–Crippen LogP) is 3.78. The Labute approximate surface area is 77.4 Å². The van der Waals surface area contributed by atoms with Gasteiger partial charge in [-0.1, -0.05) is 44.5 Å². The molecule has 0 N–H and O–H groups in total. The SMILES string of the molecule is CC(C)(C)c1cccc(Cl)c1F. The molecule has 1 rings (SSSR count). The van der Waals surface area contributed by atoms with Gasteiger partial charge in [0.15, 0.2) is 0 Å². The average Bonchev–Trinajstić information content (AvgIpc) is 1.92. The highest BCUT2D eigenvalue weighted by Gasteiger charge is 2.19. The van der Waals surface area contributed by atoms with Crippen molar-refractivity contribution in [2.24, 2.45) is 0 Å². The van der Waals surface area contributed by atoms with Gasteiger partial charge in [-0.25, -0.2) is 4.39 Å². The highest BCUT2D eigenvalue weighted by Crippen LogP contribution is 2.28. The van der Waals surface area contributed by atoms with Crippen LogP contribution in [-0.4, -0.2) is 0 Å². The van der Waals surface area contributed by atoms with Gasteiger partial charge < -0.3 is 0 Å². The summed E-state index contributed by atoms with van der Waals surface area (Å²) in [4.78, 5) is 0. The first-order valence-corrected chi connectivity index (χ1v) is 4.25. The van der Waals surface area contributed by atoms with Crippen molar-refractivity contribution in [3.05, 3.63) is 34.6 Å². The van der Waals surface area contributed by atoms with Gasteiger partial charge in [0.25, 0.3) is 0 Å². The summed E-state index contributed by atoms with van der Waals surface area (Å²) < 4.78 is 13.4. The summed E-state index contributed by atoms with van der Waals surface area (Å²) >= 11 is 5.64. The molecule has 1 aromatic rings. The molecule has 0 aliphatic rings. The van der Waals surface area contributed by atoms with E-state index in [2.05, 4.69) is 0 Å². The Balaban J connectivity index is 3.26. The molecule has 0 unspecified atom stereocenters. The third-order valence-corrected chi connectivity index (χ3v) is 2.05. The van der Waals surface area contributed by atoms with Gasteiger partial charge in [-0.15, -0.1) is 0 Å². The van der Waals surface area contributed by atoms with Crippen molar-refractivity contribution < 1.29 is 4.39 Å². The second kappa shape index (κ2) is 3.06. The zero-order chi connectivity index (χ0) is 9.35. The third-order valence-electron chi connectivity index (χ3n) is 1.76. The average molecular weight is 187 g/mol. The van der Waals surface area contributed by atoms with Gasteiger partial charge in [0.2, 0.25) is 0 Å². The van der Waals surface area contributed by atoms with Gasteiger partial charge in [0.05, 0.1) is 5.02 Å². The minimum Gasteiger partial charge on any atom is -0.205 e. The smallest absolute Gasteiger partial charge is 0.145 e. The summed E-state index contributed by atoms with van der Waals surface area (Å²) in [6.45, 7) is 5.88. The summed E-state index contributed by atoms with van der Waals surface area (Å²) in [6.07, 6.45) is 0. The maximum absolute atomic E-state index is 13.4. The highest BCUT2D eigenvalue weighted by molar-refractivity contribution is 6.30. The van der Waals surface area contributed by atoms with Gasteiger partial charge in [0.1, 0.15) is 5.82 Å². The van der Waals surface area contributed by atoms with Crippen molar-refractivity contribution in [2.75, 3.05) is 0 Å². The normalized spacial score (nSPS) is 11.8. The van der Waals surface area contributed by atoms with Crippen molar-refractivity contribution >= 4 is 11.6 Å². The molecule has 1 aromatic carbocycles. The lowest BCUT2D eigenvalue weighted by atomic mass is 9.87. The van der Waals surface area contributed by atoms with E-state index < -0.39 is 0 Å². The number of hydrogen-bond acceptors (Lipinski definition) is 0. The Morgan fingerprint density at radius 1 is 1.25 bits per heavy atom. The Hall–Kier alpha value is -0.560. The van der Waals surface area contributed by atoms with Crippen LogP contribution in [0.15, 0.2) is 18.2 Å². The quantitative estimate of drug-likeness (QED) is 0.579. The molecule has 0 bridgehead atoms. The van der Waals surface area contributed by atoms with E-state index in [1.807, 2.05) is 20.8 Å². The molecule has 0 nitrogen and oxygen atoms in total. The van der Waals surface area contributed by atoms with Gasteiger partial charge in [0, 0.05) is 0 Å². The van der Waals surface area contributed by atoms with Crippen LogP contribution in [0.2, 0.25) is 5.02 Å². The first-order valence-electron chi connectivity index (χ1n) is 3.87. The Bertz CT molecular complexity index is 286. The van der Waals surface area contributed by atoms with Crippen molar-refractivity contribution in [1.82, 2.24) is 0 Å². The van der Waals surface area contributed by atoms with Crippen molar-refractivity contribution in [3.63, 3.8) is 0 Å². The van der Waals surface area contributed by atoms with Crippen LogP contribution < -0.4 is 0 Å². The fourth-order valence-corrected chi connectivity index (χ4v) is 1.26. The summed E-state index contributed by atoms with van der Waals surface area (Å²) in [5.41, 5.74) is 0.477. The number of rotatable bonds is 0. The van der Waals surface area contributed by atoms with E-state index in [4.69, 9.17) is 11.6 Å². The monoisotopic (exact) mass is 186 g/mol. The lowest BCUT2D eigenvalue weighted by Gasteiger charge is -2.19. The van der Waals surface area contributed by atoms with Gasteiger partial charge >= 0.3 is 0 Å². The molecule has 66 valence electrons. The van der Waals surface area contributed by atoms with Crippen LogP contribution >= 0.6 is 11.6 Å². The first kappa shape index (κ1) is 9.53. The minimum atomic E-state index is -0.299. The lowest BCUT2D eigenvalue weighted by molar-refractivity contribution is 0.523. The number of hydrogen-bond donors (Lipinski definition) is 0. The highest BCUT2D eigenvalue weighted by atomic mass is 35.5. The molecule has 0 heterocycles. The van der Waals surface area contributed by atoms with E-state index in [1.54, 1.807) is 18.2 Å². The molecule has 2 heteroatoms.